The minimum atomic E-state index is 0.0207. The lowest BCUT2D eigenvalue weighted by atomic mass is 10.2. The van der Waals surface area contributed by atoms with E-state index < -0.39 is 0 Å². The molecule has 0 aromatic heterocycles. The highest BCUT2D eigenvalue weighted by Crippen LogP contribution is 2.28. The molecule has 92 valence electrons. The second-order valence-corrected chi connectivity index (χ2v) is 4.52. The van der Waals surface area contributed by atoms with E-state index in [4.69, 9.17) is 39.1 Å². The number of hydrogen-bond donors (Lipinski definition) is 2. The molecule has 0 unspecified atom stereocenters. The van der Waals surface area contributed by atoms with Crippen molar-refractivity contribution in [2.24, 2.45) is 5.73 Å². The van der Waals surface area contributed by atoms with Gasteiger partial charge in [0.15, 0.2) is 0 Å². The number of amidine groups is 1. The Kier molecular flexibility index (Phi) is 3.75. The number of nitrogen functional groups attached to an aromatic ring is 1. The van der Waals surface area contributed by atoms with Crippen molar-refractivity contribution in [3.05, 3.63) is 58.1 Å². The summed E-state index contributed by atoms with van der Waals surface area (Å²) in [5.74, 6) is 1.20. The second-order valence-electron chi connectivity index (χ2n) is 3.65. The first-order valence-corrected chi connectivity index (χ1v) is 5.88. The summed E-state index contributed by atoms with van der Waals surface area (Å²) < 4.78 is 5.59. The molecule has 2 aromatic rings. The van der Waals surface area contributed by atoms with Crippen LogP contribution in [0.5, 0.6) is 11.5 Å². The van der Waals surface area contributed by atoms with E-state index in [1.54, 1.807) is 42.5 Å². The van der Waals surface area contributed by atoms with E-state index in [2.05, 4.69) is 0 Å². The standard InChI is InChI=1S/C13H10Cl2N2O/c14-9-5-10(15)7-12(6-9)18-11-3-1-8(2-4-11)13(16)17/h1-7H,(H3,16,17). The molecule has 3 N–H and O–H groups in total. The molecule has 5 heteroatoms. The fourth-order valence-electron chi connectivity index (χ4n) is 1.43. The fourth-order valence-corrected chi connectivity index (χ4v) is 1.93. The van der Waals surface area contributed by atoms with Crippen LogP contribution in [0.4, 0.5) is 0 Å². The third kappa shape index (κ3) is 3.15. The lowest BCUT2D eigenvalue weighted by Gasteiger charge is -2.07. The Morgan fingerprint density at radius 1 is 0.944 bits per heavy atom. The third-order valence-electron chi connectivity index (χ3n) is 2.24. The van der Waals surface area contributed by atoms with E-state index in [0.717, 1.165) is 0 Å². The van der Waals surface area contributed by atoms with Gasteiger partial charge in [0.2, 0.25) is 0 Å². The monoisotopic (exact) mass is 280 g/mol. The van der Waals surface area contributed by atoms with Crippen LogP contribution in [0.25, 0.3) is 0 Å². The molecule has 0 spiro atoms. The SMILES string of the molecule is N=C(N)c1ccc(Oc2cc(Cl)cc(Cl)c2)cc1. The number of hydrogen-bond acceptors (Lipinski definition) is 2. The summed E-state index contributed by atoms with van der Waals surface area (Å²) in [5, 5.41) is 8.31. The quantitative estimate of drug-likeness (QED) is 0.658. The molecule has 0 bridgehead atoms. The van der Waals surface area contributed by atoms with Crippen molar-refractivity contribution in [2.75, 3.05) is 0 Å². The normalized spacial score (nSPS) is 10.1. The van der Waals surface area contributed by atoms with Gasteiger partial charge in [-0.3, -0.25) is 5.41 Å². The number of rotatable bonds is 3. The fraction of sp³-hybridized carbons (Fsp3) is 0. The van der Waals surface area contributed by atoms with Crippen LogP contribution in [-0.2, 0) is 0 Å². The number of nitrogens with two attached hydrogens (primary N) is 1. The Hall–Kier alpha value is -1.71. The lowest BCUT2D eigenvalue weighted by molar-refractivity contribution is 0.483. The molecule has 0 fully saturated rings. The minimum Gasteiger partial charge on any atom is -0.457 e. The number of ether oxygens (including phenoxy) is 1. The van der Waals surface area contributed by atoms with Crippen molar-refractivity contribution in [3.63, 3.8) is 0 Å². The van der Waals surface area contributed by atoms with Gasteiger partial charge >= 0.3 is 0 Å². The van der Waals surface area contributed by atoms with Gasteiger partial charge in [-0.1, -0.05) is 23.2 Å². The van der Waals surface area contributed by atoms with Gasteiger partial charge in [-0.25, -0.2) is 0 Å². The molecule has 2 aromatic carbocycles. The van der Waals surface area contributed by atoms with Gasteiger partial charge in [-0.05, 0) is 42.5 Å². The van der Waals surface area contributed by atoms with Crippen molar-refractivity contribution in [3.8, 4) is 11.5 Å². The maximum atomic E-state index is 7.29. The Morgan fingerprint density at radius 3 is 2.00 bits per heavy atom. The number of halogens is 2. The number of nitrogens with one attached hydrogen (secondary N) is 1. The van der Waals surface area contributed by atoms with Crippen LogP contribution in [0.3, 0.4) is 0 Å². The molecule has 2 rings (SSSR count). The summed E-state index contributed by atoms with van der Waals surface area (Å²) >= 11 is 11.7. The van der Waals surface area contributed by atoms with E-state index in [1.165, 1.54) is 0 Å². The van der Waals surface area contributed by atoms with E-state index in [-0.39, 0.29) is 5.84 Å². The first kappa shape index (κ1) is 12.7. The van der Waals surface area contributed by atoms with Crippen LogP contribution in [0.15, 0.2) is 42.5 Å². The first-order valence-electron chi connectivity index (χ1n) is 5.13. The van der Waals surface area contributed by atoms with Crippen molar-refractivity contribution >= 4 is 29.0 Å². The highest BCUT2D eigenvalue weighted by atomic mass is 35.5. The van der Waals surface area contributed by atoms with Crippen molar-refractivity contribution in [2.45, 2.75) is 0 Å². The van der Waals surface area contributed by atoms with Gasteiger partial charge in [0, 0.05) is 15.6 Å². The maximum absolute atomic E-state index is 7.29. The molecular formula is C13H10Cl2N2O. The van der Waals surface area contributed by atoms with Gasteiger partial charge < -0.3 is 10.5 Å². The Labute approximate surface area is 115 Å². The van der Waals surface area contributed by atoms with E-state index in [1.807, 2.05) is 0 Å². The average molecular weight is 281 g/mol. The molecule has 0 atom stereocenters. The summed E-state index contributed by atoms with van der Waals surface area (Å²) in [4.78, 5) is 0. The molecule has 0 amide bonds. The Balaban J connectivity index is 2.20. The Morgan fingerprint density at radius 2 is 1.50 bits per heavy atom. The van der Waals surface area contributed by atoms with Gasteiger partial charge in [0.05, 0.1) is 0 Å². The Bertz CT molecular complexity index is 562. The van der Waals surface area contributed by atoms with Crippen LogP contribution < -0.4 is 10.5 Å². The molecular weight excluding hydrogens is 271 g/mol. The first-order chi connectivity index (χ1) is 8.54. The zero-order valence-corrected chi connectivity index (χ0v) is 10.8. The van der Waals surface area contributed by atoms with Crippen LogP contribution in [0.2, 0.25) is 10.0 Å². The van der Waals surface area contributed by atoms with Gasteiger partial charge in [-0.15, -0.1) is 0 Å². The maximum Gasteiger partial charge on any atom is 0.130 e. The molecule has 0 saturated carbocycles. The summed E-state index contributed by atoms with van der Waals surface area (Å²) in [6.07, 6.45) is 0. The molecule has 0 heterocycles. The predicted octanol–water partition coefficient (Wildman–Crippen LogP) is 4.07. The van der Waals surface area contributed by atoms with E-state index in [0.29, 0.717) is 27.1 Å². The van der Waals surface area contributed by atoms with Crippen LogP contribution in [0, 0.1) is 5.41 Å². The summed E-state index contributed by atoms with van der Waals surface area (Å²) in [5.41, 5.74) is 6.01. The van der Waals surface area contributed by atoms with Crippen molar-refractivity contribution in [1.29, 1.82) is 5.41 Å². The molecule has 3 nitrogen and oxygen atoms in total. The van der Waals surface area contributed by atoms with Crippen LogP contribution in [0.1, 0.15) is 5.56 Å². The third-order valence-corrected chi connectivity index (χ3v) is 2.67. The van der Waals surface area contributed by atoms with Crippen LogP contribution in [-0.4, -0.2) is 5.84 Å². The van der Waals surface area contributed by atoms with Crippen molar-refractivity contribution in [1.82, 2.24) is 0 Å². The minimum absolute atomic E-state index is 0.0207. The zero-order chi connectivity index (χ0) is 13.1. The highest BCUT2D eigenvalue weighted by molar-refractivity contribution is 6.34. The highest BCUT2D eigenvalue weighted by Gasteiger charge is 2.02. The van der Waals surface area contributed by atoms with Gasteiger partial charge in [-0.2, -0.15) is 0 Å². The topological polar surface area (TPSA) is 59.1 Å². The molecule has 0 radical (unpaired) electrons. The predicted molar refractivity (Wildman–Crippen MR) is 74.0 cm³/mol. The summed E-state index contributed by atoms with van der Waals surface area (Å²) in [7, 11) is 0. The molecule has 0 aliphatic carbocycles. The molecule has 0 aliphatic rings. The number of benzene rings is 2. The smallest absolute Gasteiger partial charge is 0.130 e. The van der Waals surface area contributed by atoms with Crippen molar-refractivity contribution < 1.29 is 4.74 Å². The summed E-state index contributed by atoms with van der Waals surface area (Å²) in [6.45, 7) is 0. The zero-order valence-electron chi connectivity index (χ0n) is 9.28. The second kappa shape index (κ2) is 5.29. The lowest BCUT2D eigenvalue weighted by Crippen LogP contribution is -2.10. The van der Waals surface area contributed by atoms with Gasteiger partial charge in [0.25, 0.3) is 0 Å². The molecule has 0 aliphatic heterocycles. The average Bonchev–Trinajstić information content (AvgIpc) is 2.28. The van der Waals surface area contributed by atoms with E-state index in [9.17, 15) is 0 Å². The van der Waals surface area contributed by atoms with Crippen LogP contribution >= 0.6 is 23.2 Å². The largest absolute Gasteiger partial charge is 0.457 e. The van der Waals surface area contributed by atoms with E-state index >= 15 is 0 Å². The molecule has 18 heavy (non-hydrogen) atoms. The molecule has 0 saturated heterocycles. The summed E-state index contributed by atoms with van der Waals surface area (Å²) in [6, 6.07) is 11.9. The van der Waals surface area contributed by atoms with Gasteiger partial charge in [0.1, 0.15) is 17.3 Å².